The van der Waals surface area contributed by atoms with E-state index in [0.717, 1.165) is 32.3 Å². The molecule has 2 heterocycles. The maximum absolute atomic E-state index is 8.82. The van der Waals surface area contributed by atoms with Crippen molar-refractivity contribution >= 4 is 5.84 Å². The second kappa shape index (κ2) is 4.85. The van der Waals surface area contributed by atoms with Crippen LogP contribution in [0.25, 0.3) is 0 Å². The molecular formula is C13H20N4O2. The first kappa shape index (κ1) is 12.5. The van der Waals surface area contributed by atoms with Crippen molar-refractivity contribution < 1.29 is 9.94 Å². The second-order valence-electron chi connectivity index (χ2n) is 5.53. The lowest BCUT2D eigenvalue weighted by Crippen LogP contribution is -2.39. The minimum atomic E-state index is 0.0512. The fourth-order valence-corrected chi connectivity index (χ4v) is 3.46. The Labute approximate surface area is 112 Å². The molecule has 1 unspecified atom stereocenters. The summed E-state index contributed by atoms with van der Waals surface area (Å²) >= 11 is 0. The van der Waals surface area contributed by atoms with Gasteiger partial charge in [0.15, 0.2) is 5.82 Å². The first-order chi connectivity index (χ1) is 9.24. The standard InChI is InChI=1S/C13H20N4O2/c14-11(16-18)12-15-6-7-17(12)10-3-8-19-13(9-10)4-1-2-5-13/h6-7,10,18H,1-5,8-9H2,(H2,14,16). The molecule has 2 aliphatic rings. The summed E-state index contributed by atoms with van der Waals surface area (Å²) in [7, 11) is 0. The van der Waals surface area contributed by atoms with E-state index in [0.29, 0.717) is 11.9 Å². The highest BCUT2D eigenvalue weighted by Gasteiger charge is 2.40. The van der Waals surface area contributed by atoms with Crippen LogP contribution in [0.4, 0.5) is 0 Å². The summed E-state index contributed by atoms with van der Waals surface area (Å²) in [4.78, 5) is 4.18. The quantitative estimate of drug-likeness (QED) is 0.368. The number of nitrogens with two attached hydrogens (primary N) is 1. The zero-order valence-corrected chi connectivity index (χ0v) is 11.0. The highest BCUT2D eigenvalue weighted by atomic mass is 16.5. The van der Waals surface area contributed by atoms with Gasteiger partial charge >= 0.3 is 0 Å². The van der Waals surface area contributed by atoms with Crippen LogP contribution in [0.15, 0.2) is 17.5 Å². The van der Waals surface area contributed by atoms with Crippen LogP contribution in [0, 0.1) is 0 Å². The first-order valence-corrected chi connectivity index (χ1v) is 6.89. The van der Waals surface area contributed by atoms with Gasteiger partial charge in [0.05, 0.1) is 5.60 Å². The van der Waals surface area contributed by atoms with Gasteiger partial charge in [-0.05, 0) is 25.7 Å². The van der Waals surface area contributed by atoms with Gasteiger partial charge in [-0.2, -0.15) is 0 Å². The number of nitrogens with zero attached hydrogens (tertiary/aromatic N) is 3. The Hall–Kier alpha value is -1.56. The third-order valence-corrected chi connectivity index (χ3v) is 4.38. The van der Waals surface area contributed by atoms with Crippen molar-refractivity contribution in [2.45, 2.75) is 50.2 Å². The SMILES string of the molecule is NC(=NO)c1nccn1C1CCOC2(CCCC2)C1. The molecule has 1 spiro atoms. The van der Waals surface area contributed by atoms with Crippen LogP contribution >= 0.6 is 0 Å². The Balaban J connectivity index is 1.84. The molecule has 2 fully saturated rings. The lowest BCUT2D eigenvalue weighted by Gasteiger charge is -2.39. The van der Waals surface area contributed by atoms with Crippen molar-refractivity contribution in [1.82, 2.24) is 9.55 Å². The third-order valence-electron chi connectivity index (χ3n) is 4.38. The van der Waals surface area contributed by atoms with Crippen LogP contribution in [-0.4, -0.2) is 32.8 Å². The van der Waals surface area contributed by atoms with E-state index in [1.807, 2.05) is 10.8 Å². The number of amidine groups is 1. The van der Waals surface area contributed by atoms with Gasteiger partial charge < -0.3 is 20.2 Å². The van der Waals surface area contributed by atoms with Crippen molar-refractivity contribution in [3.05, 3.63) is 18.2 Å². The molecule has 1 saturated carbocycles. The van der Waals surface area contributed by atoms with E-state index in [1.165, 1.54) is 12.8 Å². The Morgan fingerprint density at radius 1 is 1.53 bits per heavy atom. The maximum Gasteiger partial charge on any atom is 0.206 e. The fraction of sp³-hybridized carbons (Fsp3) is 0.692. The number of hydrogen-bond donors (Lipinski definition) is 2. The smallest absolute Gasteiger partial charge is 0.206 e. The molecule has 104 valence electrons. The number of aromatic nitrogens is 2. The lowest BCUT2D eigenvalue weighted by molar-refractivity contribution is -0.0895. The molecule has 0 amide bonds. The van der Waals surface area contributed by atoms with Crippen LogP contribution in [0.2, 0.25) is 0 Å². The average Bonchev–Trinajstić information content (AvgIpc) is 3.07. The second-order valence-corrected chi connectivity index (χ2v) is 5.53. The summed E-state index contributed by atoms with van der Waals surface area (Å²) in [6, 6.07) is 0.324. The van der Waals surface area contributed by atoms with E-state index >= 15 is 0 Å². The Morgan fingerprint density at radius 3 is 3.05 bits per heavy atom. The van der Waals surface area contributed by atoms with Crippen LogP contribution in [-0.2, 0) is 4.74 Å². The van der Waals surface area contributed by atoms with E-state index < -0.39 is 0 Å². The van der Waals surface area contributed by atoms with Crippen LogP contribution in [0.1, 0.15) is 50.4 Å². The molecule has 6 nitrogen and oxygen atoms in total. The Morgan fingerprint density at radius 2 is 2.32 bits per heavy atom. The van der Waals surface area contributed by atoms with Crippen molar-refractivity contribution in [3.8, 4) is 0 Å². The molecule has 1 aromatic heterocycles. The Kier molecular flexibility index (Phi) is 3.18. The molecule has 0 bridgehead atoms. The van der Waals surface area contributed by atoms with E-state index in [2.05, 4.69) is 10.1 Å². The summed E-state index contributed by atoms with van der Waals surface area (Å²) in [5, 5.41) is 11.9. The number of oxime groups is 1. The number of imidazole rings is 1. The van der Waals surface area contributed by atoms with Gasteiger partial charge in [-0.15, -0.1) is 0 Å². The maximum atomic E-state index is 8.82. The molecule has 1 atom stereocenters. The van der Waals surface area contributed by atoms with Gasteiger partial charge in [0.25, 0.3) is 0 Å². The molecule has 19 heavy (non-hydrogen) atoms. The van der Waals surface area contributed by atoms with Gasteiger partial charge in [0.2, 0.25) is 5.84 Å². The van der Waals surface area contributed by atoms with Crippen molar-refractivity contribution in [2.75, 3.05) is 6.61 Å². The van der Waals surface area contributed by atoms with Crippen molar-refractivity contribution in [3.63, 3.8) is 0 Å². The first-order valence-electron chi connectivity index (χ1n) is 6.89. The predicted octanol–water partition coefficient (Wildman–Crippen LogP) is 1.64. The summed E-state index contributed by atoms with van der Waals surface area (Å²) in [6.45, 7) is 0.776. The molecule has 3 rings (SSSR count). The van der Waals surface area contributed by atoms with Crippen molar-refractivity contribution in [1.29, 1.82) is 0 Å². The molecule has 0 radical (unpaired) electrons. The number of hydrogen-bond acceptors (Lipinski definition) is 4. The minimum Gasteiger partial charge on any atom is -0.409 e. The van der Waals surface area contributed by atoms with Gasteiger partial charge in [-0.1, -0.05) is 18.0 Å². The molecule has 1 aliphatic carbocycles. The van der Waals surface area contributed by atoms with E-state index in [1.54, 1.807) is 6.20 Å². The Bertz CT molecular complexity index is 477. The average molecular weight is 264 g/mol. The van der Waals surface area contributed by atoms with E-state index in [4.69, 9.17) is 15.7 Å². The highest BCUT2D eigenvalue weighted by molar-refractivity contribution is 5.93. The molecular weight excluding hydrogens is 244 g/mol. The molecule has 6 heteroatoms. The molecule has 3 N–H and O–H groups in total. The molecule has 1 saturated heterocycles. The van der Waals surface area contributed by atoms with Crippen LogP contribution in [0.5, 0.6) is 0 Å². The monoisotopic (exact) mass is 264 g/mol. The molecule has 0 aromatic carbocycles. The molecule has 1 aliphatic heterocycles. The molecule has 1 aromatic rings. The van der Waals surface area contributed by atoms with Gasteiger partial charge in [0, 0.05) is 25.0 Å². The summed E-state index contributed by atoms with van der Waals surface area (Å²) in [5.41, 5.74) is 5.73. The minimum absolute atomic E-state index is 0.0512. The fourth-order valence-electron chi connectivity index (χ4n) is 3.46. The predicted molar refractivity (Wildman–Crippen MR) is 70.2 cm³/mol. The number of rotatable bonds is 2. The normalized spacial score (nSPS) is 26.9. The van der Waals surface area contributed by atoms with Crippen molar-refractivity contribution in [2.24, 2.45) is 10.9 Å². The summed E-state index contributed by atoms with van der Waals surface area (Å²) in [6.07, 6.45) is 10.4. The summed E-state index contributed by atoms with van der Waals surface area (Å²) < 4.78 is 8.06. The van der Waals surface area contributed by atoms with Crippen LogP contribution < -0.4 is 5.73 Å². The third kappa shape index (κ3) is 2.20. The number of ether oxygens (including phenoxy) is 1. The highest BCUT2D eigenvalue weighted by Crippen LogP contribution is 2.43. The zero-order chi connectivity index (χ0) is 13.3. The van der Waals surface area contributed by atoms with Gasteiger partial charge in [0.1, 0.15) is 0 Å². The van der Waals surface area contributed by atoms with E-state index in [9.17, 15) is 0 Å². The topological polar surface area (TPSA) is 85.7 Å². The zero-order valence-electron chi connectivity index (χ0n) is 11.0. The van der Waals surface area contributed by atoms with Gasteiger partial charge in [-0.25, -0.2) is 4.98 Å². The largest absolute Gasteiger partial charge is 0.409 e. The van der Waals surface area contributed by atoms with Crippen LogP contribution in [0.3, 0.4) is 0 Å². The van der Waals surface area contributed by atoms with E-state index in [-0.39, 0.29) is 11.4 Å². The lowest BCUT2D eigenvalue weighted by atomic mass is 9.88. The summed E-state index contributed by atoms with van der Waals surface area (Å²) in [5.74, 6) is 0.611. The van der Waals surface area contributed by atoms with Gasteiger partial charge in [-0.3, -0.25) is 0 Å².